The molecule has 3 nitrogen and oxygen atoms in total. The van der Waals surface area contributed by atoms with E-state index < -0.39 is 0 Å². The first-order chi connectivity index (χ1) is 8.72. The van der Waals surface area contributed by atoms with Crippen LogP contribution in [0.25, 0.3) is 0 Å². The molecule has 0 radical (unpaired) electrons. The van der Waals surface area contributed by atoms with Crippen LogP contribution >= 0.6 is 11.6 Å². The minimum Gasteiger partial charge on any atom is -0.320 e. The Morgan fingerprint density at radius 1 is 1.39 bits per heavy atom. The molecule has 94 valence electrons. The Labute approximate surface area is 112 Å². The van der Waals surface area contributed by atoms with Gasteiger partial charge in [0.15, 0.2) is 0 Å². The molecule has 0 unspecified atom stereocenters. The van der Waals surface area contributed by atoms with E-state index in [0.717, 1.165) is 30.6 Å². The van der Waals surface area contributed by atoms with Crippen LogP contribution in [0.5, 0.6) is 0 Å². The number of anilines is 1. The van der Waals surface area contributed by atoms with Gasteiger partial charge >= 0.3 is 0 Å². The number of amides is 1. The van der Waals surface area contributed by atoms with E-state index in [4.69, 9.17) is 17.3 Å². The molecule has 1 aromatic carbocycles. The van der Waals surface area contributed by atoms with E-state index >= 15 is 0 Å². The zero-order valence-electron chi connectivity index (χ0n) is 10.1. The molecule has 2 N–H and O–H groups in total. The number of carbonyl (C=O) groups excluding carboxylic acids is 1. The summed E-state index contributed by atoms with van der Waals surface area (Å²) in [5, 5.41) is 0.615. The molecule has 1 heterocycles. The van der Waals surface area contributed by atoms with Gasteiger partial charge in [0, 0.05) is 23.6 Å². The van der Waals surface area contributed by atoms with E-state index in [-0.39, 0.29) is 5.91 Å². The van der Waals surface area contributed by atoms with Gasteiger partial charge in [-0.15, -0.1) is 0 Å². The molecule has 1 fully saturated rings. The van der Waals surface area contributed by atoms with Crippen LogP contribution in [0.1, 0.15) is 24.8 Å². The maximum atomic E-state index is 11.9. The lowest BCUT2D eigenvalue weighted by atomic mass is 10.1. The van der Waals surface area contributed by atoms with Crippen molar-refractivity contribution in [2.24, 2.45) is 5.73 Å². The molecule has 1 amide bonds. The van der Waals surface area contributed by atoms with Gasteiger partial charge in [-0.25, -0.2) is 0 Å². The van der Waals surface area contributed by atoms with Crippen molar-refractivity contribution in [1.82, 2.24) is 0 Å². The van der Waals surface area contributed by atoms with E-state index in [1.54, 1.807) is 17.0 Å². The molecule has 1 aliphatic heterocycles. The third kappa shape index (κ3) is 2.84. The first-order valence-electron chi connectivity index (χ1n) is 6.01. The molecule has 0 aromatic heterocycles. The molecule has 2 rings (SSSR count). The van der Waals surface area contributed by atoms with Crippen molar-refractivity contribution < 1.29 is 4.79 Å². The van der Waals surface area contributed by atoms with Gasteiger partial charge in [0.05, 0.1) is 12.2 Å². The molecule has 4 heteroatoms. The van der Waals surface area contributed by atoms with Crippen molar-refractivity contribution in [2.45, 2.75) is 19.3 Å². The van der Waals surface area contributed by atoms with Crippen molar-refractivity contribution in [3.05, 3.63) is 28.8 Å². The number of hydrogen-bond donors (Lipinski definition) is 1. The van der Waals surface area contributed by atoms with Crippen molar-refractivity contribution >= 4 is 23.2 Å². The van der Waals surface area contributed by atoms with E-state index in [2.05, 4.69) is 11.8 Å². The van der Waals surface area contributed by atoms with E-state index in [9.17, 15) is 4.79 Å². The second-order valence-electron chi connectivity index (χ2n) is 4.17. The highest BCUT2D eigenvalue weighted by Crippen LogP contribution is 2.27. The van der Waals surface area contributed by atoms with Crippen LogP contribution in [-0.2, 0) is 4.79 Å². The van der Waals surface area contributed by atoms with Crippen LogP contribution in [-0.4, -0.2) is 19.0 Å². The second kappa shape index (κ2) is 5.90. The fourth-order valence-corrected chi connectivity index (χ4v) is 2.22. The summed E-state index contributed by atoms with van der Waals surface area (Å²) in [5.41, 5.74) is 6.99. The smallest absolute Gasteiger partial charge is 0.227 e. The molecular formula is C14H15ClN2O. The maximum Gasteiger partial charge on any atom is 0.227 e. The van der Waals surface area contributed by atoms with Crippen molar-refractivity contribution in [2.75, 3.05) is 18.0 Å². The highest BCUT2D eigenvalue weighted by atomic mass is 35.5. The number of rotatable bonds is 1. The summed E-state index contributed by atoms with van der Waals surface area (Å²) in [6.45, 7) is 1.04. The maximum absolute atomic E-state index is 11.9. The summed E-state index contributed by atoms with van der Waals surface area (Å²) in [4.78, 5) is 13.7. The Morgan fingerprint density at radius 2 is 2.22 bits per heavy atom. The molecule has 0 spiro atoms. The van der Waals surface area contributed by atoms with Gasteiger partial charge in [0.2, 0.25) is 5.91 Å². The third-order valence-electron chi connectivity index (χ3n) is 2.90. The molecule has 1 aliphatic rings. The Kier molecular flexibility index (Phi) is 4.24. The fraction of sp³-hybridized carbons (Fsp3) is 0.357. The highest BCUT2D eigenvalue weighted by molar-refractivity contribution is 6.30. The minimum absolute atomic E-state index is 0.152. The topological polar surface area (TPSA) is 46.3 Å². The number of nitrogens with two attached hydrogens (primary N) is 1. The number of carbonyl (C=O) groups is 1. The fourth-order valence-electron chi connectivity index (χ4n) is 2.05. The van der Waals surface area contributed by atoms with Crippen LogP contribution in [0.4, 0.5) is 5.69 Å². The molecule has 0 aliphatic carbocycles. The summed E-state index contributed by atoms with van der Waals surface area (Å²) in [7, 11) is 0. The standard InChI is InChI=1S/C14H15ClN2O/c15-12-6-7-13(11(10-12)4-3-8-16)17-9-2-1-5-14(17)18/h6-7,10H,1-2,5,8-9,16H2. The largest absolute Gasteiger partial charge is 0.320 e. The molecule has 0 bridgehead atoms. The van der Waals surface area contributed by atoms with Gasteiger partial charge in [0.1, 0.15) is 0 Å². The number of hydrogen-bond acceptors (Lipinski definition) is 2. The highest BCUT2D eigenvalue weighted by Gasteiger charge is 2.21. The number of halogens is 1. The van der Waals surface area contributed by atoms with Crippen molar-refractivity contribution in [1.29, 1.82) is 0 Å². The molecule has 1 aromatic rings. The SMILES string of the molecule is NCC#Cc1cc(Cl)ccc1N1CCCCC1=O. The summed E-state index contributed by atoms with van der Waals surface area (Å²) in [6.07, 6.45) is 2.59. The quantitative estimate of drug-likeness (QED) is 0.789. The van der Waals surface area contributed by atoms with Gasteiger partial charge in [-0.1, -0.05) is 23.4 Å². The van der Waals surface area contributed by atoms with Crippen LogP contribution in [0.2, 0.25) is 5.02 Å². The molecular weight excluding hydrogens is 248 g/mol. The number of piperidine rings is 1. The van der Waals surface area contributed by atoms with E-state index in [0.29, 0.717) is 18.0 Å². The summed E-state index contributed by atoms with van der Waals surface area (Å²) < 4.78 is 0. The summed E-state index contributed by atoms with van der Waals surface area (Å²) >= 11 is 5.97. The van der Waals surface area contributed by atoms with Crippen molar-refractivity contribution in [3.63, 3.8) is 0 Å². The van der Waals surface area contributed by atoms with Gasteiger partial charge < -0.3 is 10.6 Å². The lowest BCUT2D eigenvalue weighted by Crippen LogP contribution is -2.35. The first-order valence-corrected chi connectivity index (χ1v) is 6.39. The Hall–Kier alpha value is -1.50. The molecule has 18 heavy (non-hydrogen) atoms. The molecule has 0 atom stereocenters. The van der Waals surface area contributed by atoms with Gasteiger partial charge in [0.25, 0.3) is 0 Å². The van der Waals surface area contributed by atoms with E-state index in [1.807, 2.05) is 6.07 Å². The molecule has 1 saturated heterocycles. The average Bonchev–Trinajstić information content (AvgIpc) is 2.37. The first kappa shape index (κ1) is 12.9. The lowest BCUT2D eigenvalue weighted by Gasteiger charge is -2.27. The predicted octanol–water partition coefficient (Wildman–Crippen LogP) is 2.17. The van der Waals surface area contributed by atoms with Gasteiger partial charge in [-0.05, 0) is 31.0 Å². The van der Waals surface area contributed by atoms with Crippen LogP contribution in [0, 0.1) is 11.8 Å². The van der Waals surface area contributed by atoms with Crippen LogP contribution in [0.3, 0.4) is 0 Å². The zero-order valence-corrected chi connectivity index (χ0v) is 10.8. The van der Waals surface area contributed by atoms with Crippen molar-refractivity contribution in [3.8, 4) is 11.8 Å². The lowest BCUT2D eigenvalue weighted by molar-refractivity contribution is -0.119. The summed E-state index contributed by atoms with van der Waals surface area (Å²) in [6, 6.07) is 5.42. The minimum atomic E-state index is 0.152. The average molecular weight is 263 g/mol. The Balaban J connectivity index is 2.39. The Morgan fingerprint density at radius 3 is 2.94 bits per heavy atom. The van der Waals surface area contributed by atoms with E-state index in [1.165, 1.54) is 0 Å². The predicted molar refractivity (Wildman–Crippen MR) is 73.6 cm³/mol. The normalized spacial score (nSPS) is 15.2. The monoisotopic (exact) mass is 262 g/mol. The second-order valence-corrected chi connectivity index (χ2v) is 4.61. The third-order valence-corrected chi connectivity index (χ3v) is 3.13. The Bertz CT molecular complexity index is 516. The number of nitrogens with zero attached hydrogens (tertiary/aromatic N) is 1. The number of benzene rings is 1. The van der Waals surface area contributed by atoms with Crippen LogP contribution in [0.15, 0.2) is 18.2 Å². The van der Waals surface area contributed by atoms with Gasteiger partial charge in [-0.3, -0.25) is 4.79 Å². The van der Waals surface area contributed by atoms with Crippen LogP contribution < -0.4 is 10.6 Å². The summed E-state index contributed by atoms with van der Waals surface area (Å²) in [5.74, 6) is 5.94. The van der Waals surface area contributed by atoms with Gasteiger partial charge in [-0.2, -0.15) is 0 Å². The zero-order chi connectivity index (χ0) is 13.0. The molecule has 0 saturated carbocycles.